The topological polar surface area (TPSA) is 20.2 Å². The lowest BCUT2D eigenvalue weighted by Crippen LogP contribution is -2.03. The van der Waals surface area contributed by atoms with Gasteiger partial charge in [-0.2, -0.15) is 0 Å². The third-order valence-electron chi connectivity index (χ3n) is 2.88. The molecule has 1 fully saturated rings. The van der Waals surface area contributed by atoms with Crippen molar-refractivity contribution in [2.24, 2.45) is 0 Å². The van der Waals surface area contributed by atoms with E-state index in [1.54, 1.807) is 5.56 Å². The van der Waals surface area contributed by atoms with Crippen LogP contribution in [-0.4, -0.2) is 12.2 Å². The summed E-state index contributed by atoms with van der Waals surface area (Å²) in [6.07, 6.45) is 7.12. The maximum absolute atomic E-state index is 7.00. The standard InChI is InChI=1S/C12H16.CH4O/c1-3-7-11(8-4-1)12-9-5-2-6-10-12;1-2/h1,3-4,7-8,12H,2,5-6,9-10H2;2H,1H3. The van der Waals surface area contributed by atoms with E-state index in [4.69, 9.17) is 5.11 Å². The van der Waals surface area contributed by atoms with Crippen molar-refractivity contribution in [3.63, 3.8) is 0 Å². The molecular formula is C13H20O. The summed E-state index contributed by atoms with van der Waals surface area (Å²) < 4.78 is 0. The molecule has 14 heavy (non-hydrogen) atoms. The lowest BCUT2D eigenvalue weighted by Gasteiger charge is -2.21. The van der Waals surface area contributed by atoms with Gasteiger partial charge in [0.15, 0.2) is 0 Å². The Balaban J connectivity index is 0.000000461. The van der Waals surface area contributed by atoms with E-state index in [-0.39, 0.29) is 0 Å². The molecule has 1 N–H and O–H groups in total. The fraction of sp³-hybridized carbons (Fsp3) is 0.538. The van der Waals surface area contributed by atoms with Crippen LogP contribution in [0.2, 0.25) is 0 Å². The van der Waals surface area contributed by atoms with E-state index in [1.165, 1.54) is 32.1 Å². The van der Waals surface area contributed by atoms with E-state index >= 15 is 0 Å². The largest absolute Gasteiger partial charge is 0.400 e. The molecule has 1 heteroatoms. The van der Waals surface area contributed by atoms with Gasteiger partial charge in [0.1, 0.15) is 0 Å². The number of benzene rings is 1. The molecule has 0 heterocycles. The molecular weight excluding hydrogens is 172 g/mol. The van der Waals surface area contributed by atoms with E-state index < -0.39 is 0 Å². The second-order valence-electron chi connectivity index (χ2n) is 3.75. The Hall–Kier alpha value is -0.820. The minimum absolute atomic E-state index is 0.861. The second-order valence-corrected chi connectivity index (χ2v) is 3.75. The lowest BCUT2D eigenvalue weighted by molar-refractivity contribution is 0.399. The van der Waals surface area contributed by atoms with Crippen LogP contribution in [0.4, 0.5) is 0 Å². The van der Waals surface area contributed by atoms with Crippen LogP contribution in [0.15, 0.2) is 30.3 Å². The highest BCUT2D eigenvalue weighted by atomic mass is 16.2. The smallest absolute Gasteiger partial charge is 0.0319 e. The summed E-state index contributed by atoms with van der Waals surface area (Å²) in [5.41, 5.74) is 1.55. The number of aliphatic hydroxyl groups is 1. The molecule has 0 saturated heterocycles. The molecule has 0 atom stereocenters. The second kappa shape index (κ2) is 6.61. The molecule has 0 radical (unpaired) electrons. The van der Waals surface area contributed by atoms with E-state index in [0.29, 0.717) is 0 Å². The molecule has 1 aromatic rings. The van der Waals surface area contributed by atoms with Crippen LogP contribution < -0.4 is 0 Å². The van der Waals surface area contributed by atoms with Crippen molar-refractivity contribution in [3.05, 3.63) is 35.9 Å². The van der Waals surface area contributed by atoms with Crippen LogP contribution in [0.1, 0.15) is 43.6 Å². The van der Waals surface area contributed by atoms with Gasteiger partial charge in [-0.05, 0) is 24.3 Å². The van der Waals surface area contributed by atoms with Crippen molar-refractivity contribution in [1.82, 2.24) is 0 Å². The summed E-state index contributed by atoms with van der Waals surface area (Å²) in [4.78, 5) is 0. The van der Waals surface area contributed by atoms with Crippen molar-refractivity contribution in [3.8, 4) is 0 Å². The highest BCUT2D eigenvalue weighted by Crippen LogP contribution is 2.31. The third-order valence-corrected chi connectivity index (χ3v) is 2.88. The van der Waals surface area contributed by atoms with Crippen LogP contribution in [0.5, 0.6) is 0 Å². The van der Waals surface area contributed by atoms with E-state index in [9.17, 15) is 0 Å². The number of hydrogen-bond donors (Lipinski definition) is 1. The van der Waals surface area contributed by atoms with Gasteiger partial charge in [0, 0.05) is 7.11 Å². The van der Waals surface area contributed by atoms with E-state index in [0.717, 1.165) is 13.0 Å². The summed E-state index contributed by atoms with van der Waals surface area (Å²) in [7, 11) is 1.00. The van der Waals surface area contributed by atoms with Crippen LogP contribution in [-0.2, 0) is 0 Å². The average molecular weight is 192 g/mol. The summed E-state index contributed by atoms with van der Waals surface area (Å²) >= 11 is 0. The van der Waals surface area contributed by atoms with Gasteiger partial charge in [-0.1, -0.05) is 49.6 Å². The number of hydrogen-bond acceptors (Lipinski definition) is 1. The van der Waals surface area contributed by atoms with Gasteiger partial charge >= 0.3 is 0 Å². The average Bonchev–Trinajstić information content (AvgIpc) is 2.34. The maximum Gasteiger partial charge on any atom is 0.0319 e. The Morgan fingerprint density at radius 2 is 1.50 bits per heavy atom. The van der Waals surface area contributed by atoms with E-state index in [1.807, 2.05) is 0 Å². The minimum Gasteiger partial charge on any atom is -0.400 e. The molecule has 0 aliphatic heterocycles. The molecule has 0 unspecified atom stereocenters. The molecule has 1 aromatic carbocycles. The fourth-order valence-corrected chi connectivity index (χ4v) is 2.16. The van der Waals surface area contributed by atoms with Crippen LogP contribution in [0.25, 0.3) is 0 Å². The molecule has 1 aliphatic carbocycles. The van der Waals surface area contributed by atoms with Crippen molar-refractivity contribution in [1.29, 1.82) is 0 Å². The van der Waals surface area contributed by atoms with Crippen molar-refractivity contribution in [2.75, 3.05) is 7.11 Å². The zero-order valence-corrected chi connectivity index (χ0v) is 8.95. The third kappa shape index (κ3) is 3.15. The highest BCUT2D eigenvalue weighted by molar-refractivity contribution is 5.19. The summed E-state index contributed by atoms with van der Waals surface area (Å²) in [5, 5.41) is 7.00. The Labute approximate surface area is 86.8 Å². The van der Waals surface area contributed by atoms with Gasteiger partial charge < -0.3 is 5.11 Å². The van der Waals surface area contributed by atoms with Gasteiger partial charge in [0.25, 0.3) is 0 Å². The molecule has 1 aliphatic rings. The van der Waals surface area contributed by atoms with Crippen molar-refractivity contribution >= 4 is 0 Å². The summed E-state index contributed by atoms with van der Waals surface area (Å²) in [6.45, 7) is 0. The quantitative estimate of drug-likeness (QED) is 0.723. The van der Waals surface area contributed by atoms with E-state index in [2.05, 4.69) is 30.3 Å². The molecule has 0 bridgehead atoms. The molecule has 1 nitrogen and oxygen atoms in total. The van der Waals surface area contributed by atoms with Crippen LogP contribution >= 0.6 is 0 Å². The summed E-state index contributed by atoms with van der Waals surface area (Å²) in [6, 6.07) is 11.0. The molecule has 0 spiro atoms. The van der Waals surface area contributed by atoms with Crippen molar-refractivity contribution < 1.29 is 5.11 Å². The van der Waals surface area contributed by atoms with Crippen molar-refractivity contribution in [2.45, 2.75) is 38.0 Å². The molecule has 0 amide bonds. The minimum atomic E-state index is 0.861. The zero-order valence-electron chi connectivity index (χ0n) is 8.95. The van der Waals surface area contributed by atoms with Gasteiger partial charge in [-0.3, -0.25) is 0 Å². The number of aliphatic hydroxyl groups excluding tert-OH is 1. The van der Waals surface area contributed by atoms with Crippen LogP contribution in [0.3, 0.4) is 0 Å². The first-order chi connectivity index (χ1) is 6.97. The van der Waals surface area contributed by atoms with Crippen LogP contribution in [0, 0.1) is 0 Å². The first-order valence-electron chi connectivity index (χ1n) is 5.46. The Morgan fingerprint density at radius 3 is 2.07 bits per heavy atom. The van der Waals surface area contributed by atoms with Gasteiger partial charge in [-0.25, -0.2) is 0 Å². The number of rotatable bonds is 1. The molecule has 78 valence electrons. The maximum atomic E-state index is 7.00. The SMILES string of the molecule is CO.c1ccc(C2CCCCC2)cc1. The van der Waals surface area contributed by atoms with Gasteiger partial charge in [0.05, 0.1) is 0 Å². The first kappa shape index (κ1) is 11.3. The first-order valence-corrected chi connectivity index (χ1v) is 5.46. The zero-order chi connectivity index (χ0) is 10.2. The normalized spacial score (nSPS) is 17.0. The monoisotopic (exact) mass is 192 g/mol. The Kier molecular flexibility index (Phi) is 5.31. The van der Waals surface area contributed by atoms with Gasteiger partial charge in [-0.15, -0.1) is 0 Å². The predicted octanol–water partition coefficient (Wildman–Crippen LogP) is 3.34. The molecule has 0 aromatic heterocycles. The Morgan fingerprint density at radius 1 is 0.929 bits per heavy atom. The molecule has 2 rings (SSSR count). The fourth-order valence-electron chi connectivity index (χ4n) is 2.16. The Bertz CT molecular complexity index is 224. The summed E-state index contributed by atoms with van der Waals surface area (Å²) in [5.74, 6) is 0.861. The highest BCUT2D eigenvalue weighted by Gasteiger charge is 2.14. The molecule has 1 saturated carbocycles. The predicted molar refractivity (Wildman–Crippen MR) is 60.4 cm³/mol. The van der Waals surface area contributed by atoms with Gasteiger partial charge in [0.2, 0.25) is 0 Å². The lowest BCUT2D eigenvalue weighted by atomic mass is 9.84.